The SMILES string of the molecule is Cc1ccc(CCC(=O)n2c(C(C)(C)C)c(Cc3ccccc3)c3ccc(NC4CCCC4)cc32)cn1. The molecular weight excluding hydrogens is 454 g/mol. The number of anilines is 1. The molecule has 1 saturated carbocycles. The summed E-state index contributed by atoms with van der Waals surface area (Å²) in [5.41, 5.74) is 7.67. The number of pyridine rings is 1. The van der Waals surface area contributed by atoms with Gasteiger partial charge in [0.2, 0.25) is 5.91 Å². The summed E-state index contributed by atoms with van der Waals surface area (Å²) in [5, 5.41) is 4.92. The molecule has 0 spiro atoms. The molecule has 0 radical (unpaired) electrons. The van der Waals surface area contributed by atoms with Crippen molar-refractivity contribution in [3.05, 3.63) is 94.9 Å². The van der Waals surface area contributed by atoms with Crippen molar-refractivity contribution < 1.29 is 4.79 Å². The standard InChI is InChI=1S/C33H39N3O/c1-23-14-15-25(22-34-23)16-19-31(37)36-30-21-27(35-26-12-8-9-13-26)17-18-28(30)29(32(36)33(2,3)4)20-24-10-6-5-7-11-24/h5-7,10-11,14-15,17-18,21-22,26,35H,8-9,12-13,16,19-20H2,1-4H3. The van der Waals surface area contributed by atoms with E-state index in [4.69, 9.17) is 0 Å². The van der Waals surface area contributed by atoms with Crippen molar-refractivity contribution in [1.82, 2.24) is 9.55 Å². The number of nitrogens with zero attached hydrogens (tertiary/aromatic N) is 2. The van der Waals surface area contributed by atoms with Gasteiger partial charge in [-0.15, -0.1) is 0 Å². The molecule has 0 atom stereocenters. The maximum Gasteiger partial charge on any atom is 0.231 e. The summed E-state index contributed by atoms with van der Waals surface area (Å²) in [6.45, 7) is 8.66. The van der Waals surface area contributed by atoms with Crippen LogP contribution < -0.4 is 5.32 Å². The van der Waals surface area contributed by atoms with Gasteiger partial charge >= 0.3 is 0 Å². The topological polar surface area (TPSA) is 46.9 Å². The molecule has 2 aromatic carbocycles. The van der Waals surface area contributed by atoms with Gasteiger partial charge < -0.3 is 5.32 Å². The van der Waals surface area contributed by atoms with Crippen LogP contribution in [0.4, 0.5) is 5.69 Å². The maximum atomic E-state index is 14.0. The number of nitrogens with one attached hydrogen (secondary N) is 1. The Morgan fingerprint density at radius 2 is 1.76 bits per heavy atom. The Bertz CT molecular complexity index is 1370. The molecule has 0 saturated heterocycles. The smallest absolute Gasteiger partial charge is 0.231 e. The molecule has 1 fully saturated rings. The van der Waals surface area contributed by atoms with Crippen LogP contribution >= 0.6 is 0 Å². The molecule has 0 unspecified atom stereocenters. The number of aromatic nitrogens is 2. The summed E-state index contributed by atoms with van der Waals surface area (Å²) >= 11 is 0. The normalized spacial score (nSPS) is 14.4. The molecule has 2 aromatic heterocycles. The molecule has 192 valence electrons. The van der Waals surface area contributed by atoms with Crippen LogP contribution in [0.3, 0.4) is 0 Å². The Kier molecular flexibility index (Phi) is 7.19. The van der Waals surface area contributed by atoms with Crippen molar-refractivity contribution in [1.29, 1.82) is 0 Å². The number of hydrogen-bond acceptors (Lipinski definition) is 3. The summed E-state index contributed by atoms with van der Waals surface area (Å²) in [5.74, 6) is 0.146. The molecule has 37 heavy (non-hydrogen) atoms. The van der Waals surface area contributed by atoms with E-state index < -0.39 is 0 Å². The van der Waals surface area contributed by atoms with Gasteiger partial charge in [-0.05, 0) is 67.5 Å². The predicted octanol–water partition coefficient (Wildman–Crippen LogP) is 7.86. The highest BCUT2D eigenvalue weighted by molar-refractivity contribution is 5.98. The molecule has 4 nitrogen and oxygen atoms in total. The van der Waals surface area contributed by atoms with E-state index in [1.165, 1.54) is 42.2 Å². The van der Waals surface area contributed by atoms with Gasteiger partial charge in [0.1, 0.15) is 0 Å². The van der Waals surface area contributed by atoms with Crippen LogP contribution in [0.2, 0.25) is 0 Å². The van der Waals surface area contributed by atoms with Crippen LogP contribution in [-0.4, -0.2) is 21.5 Å². The van der Waals surface area contributed by atoms with Gasteiger partial charge in [0.25, 0.3) is 0 Å². The Hall–Kier alpha value is -3.40. The third-order valence-electron chi connectivity index (χ3n) is 7.58. The molecule has 5 rings (SSSR count). The molecular formula is C33H39N3O. The fraction of sp³-hybridized carbons (Fsp3) is 0.394. The lowest BCUT2D eigenvalue weighted by Crippen LogP contribution is -2.24. The van der Waals surface area contributed by atoms with Crippen molar-refractivity contribution >= 4 is 22.5 Å². The first-order valence-electron chi connectivity index (χ1n) is 13.7. The van der Waals surface area contributed by atoms with Gasteiger partial charge in [0.05, 0.1) is 5.52 Å². The van der Waals surface area contributed by atoms with E-state index in [2.05, 4.69) is 85.7 Å². The van der Waals surface area contributed by atoms with Crippen LogP contribution in [0.15, 0.2) is 66.9 Å². The average Bonchev–Trinajstić information content (AvgIpc) is 3.50. The summed E-state index contributed by atoms with van der Waals surface area (Å²) < 4.78 is 2.04. The molecule has 1 aliphatic carbocycles. The number of fused-ring (bicyclic) bond motifs is 1. The number of rotatable bonds is 7. The highest BCUT2D eigenvalue weighted by Gasteiger charge is 2.29. The average molecular weight is 494 g/mol. The van der Waals surface area contributed by atoms with Crippen LogP contribution in [0.1, 0.15) is 85.7 Å². The molecule has 0 amide bonds. The highest BCUT2D eigenvalue weighted by atomic mass is 16.2. The van der Waals surface area contributed by atoms with Crippen LogP contribution in [0.25, 0.3) is 10.9 Å². The first-order valence-corrected chi connectivity index (χ1v) is 13.7. The summed E-state index contributed by atoms with van der Waals surface area (Å²) in [7, 11) is 0. The second-order valence-corrected chi connectivity index (χ2v) is 11.6. The minimum absolute atomic E-state index is 0.146. The molecule has 2 heterocycles. The largest absolute Gasteiger partial charge is 0.382 e. The van der Waals surface area contributed by atoms with E-state index in [1.807, 2.05) is 23.8 Å². The van der Waals surface area contributed by atoms with Crippen molar-refractivity contribution in [2.75, 3.05) is 5.32 Å². The molecule has 0 bridgehead atoms. The molecule has 4 aromatic rings. The van der Waals surface area contributed by atoms with Crippen molar-refractivity contribution in [2.45, 2.75) is 84.1 Å². The minimum Gasteiger partial charge on any atom is -0.382 e. The number of aryl methyl sites for hydroxylation is 2. The van der Waals surface area contributed by atoms with E-state index in [0.29, 0.717) is 18.9 Å². The van der Waals surface area contributed by atoms with Crippen LogP contribution in [0, 0.1) is 6.92 Å². The van der Waals surface area contributed by atoms with Crippen LogP contribution in [0.5, 0.6) is 0 Å². The molecule has 0 aliphatic heterocycles. The summed E-state index contributed by atoms with van der Waals surface area (Å²) in [6.07, 6.45) is 8.85. The second-order valence-electron chi connectivity index (χ2n) is 11.6. The maximum absolute atomic E-state index is 14.0. The second kappa shape index (κ2) is 10.5. The molecule has 1 N–H and O–H groups in total. The summed E-state index contributed by atoms with van der Waals surface area (Å²) in [6, 6.07) is 21.9. The van der Waals surface area contributed by atoms with Gasteiger partial charge in [0.15, 0.2) is 0 Å². The van der Waals surface area contributed by atoms with Gasteiger partial charge in [-0.3, -0.25) is 14.3 Å². The van der Waals surface area contributed by atoms with E-state index >= 15 is 0 Å². The lowest BCUT2D eigenvalue weighted by molar-refractivity contribution is 0.0901. The zero-order valence-corrected chi connectivity index (χ0v) is 22.7. The van der Waals surface area contributed by atoms with E-state index in [-0.39, 0.29) is 11.3 Å². The Morgan fingerprint density at radius 3 is 2.43 bits per heavy atom. The summed E-state index contributed by atoms with van der Waals surface area (Å²) in [4.78, 5) is 18.4. The first kappa shape index (κ1) is 25.3. The van der Waals surface area contributed by atoms with Crippen molar-refractivity contribution in [3.63, 3.8) is 0 Å². The first-order chi connectivity index (χ1) is 17.8. The van der Waals surface area contributed by atoms with E-state index in [1.54, 1.807) is 0 Å². The third-order valence-corrected chi connectivity index (χ3v) is 7.58. The monoisotopic (exact) mass is 493 g/mol. The predicted molar refractivity (Wildman–Crippen MR) is 154 cm³/mol. The lowest BCUT2D eigenvalue weighted by Gasteiger charge is -2.24. The van der Waals surface area contributed by atoms with Gasteiger partial charge in [-0.1, -0.05) is 76.1 Å². The third kappa shape index (κ3) is 5.64. The van der Waals surface area contributed by atoms with Crippen LogP contribution in [-0.2, 0) is 18.3 Å². The number of hydrogen-bond donors (Lipinski definition) is 1. The van der Waals surface area contributed by atoms with Gasteiger partial charge in [-0.2, -0.15) is 0 Å². The zero-order valence-electron chi connectivity index (χ0n) is 22.7. The highest BCUT2D eigenvalue weighted by Crippen LogP contribution is 2.38. The van der Waals surface area contributed by atoms with E-state index in [0.717, 1.165) is 34.6 Å². The fourth-order valence-corrected chi connectivity index (χ4v) is 5.79. The number of carbonyl (C=O) groups is 1. The Morgan fingerprint density at radius 1 is 1.00 bits per heavy atom. The number of carbonyl (C=O) groups excluding carboxylic acids is 1. The zero-order chi connectivity index (χ0) is 26.0. The minimum atomic E-state index is -0.191. The molecule has 1 aliphatic rings. The van der Waals surface area contributed by atoms with Crippen molar-refractivity contribution in [3.8, 4) is 0 Å². The van der Waals surface area contributed by atoms with Gasteiger partial charge in [0, 0.05) is 46.5 Å². The Labute approximate surface area is 221 Å². The van der Waals surface area contributed by atoms with Crippen molar-refractivity contribution in [2.24, 2.45) is 0 Å². The molecule has 4 heteroatoms. The lowest BCUT2D eigenvalue weighted by atomic mass is 9.86. The quantitative estimate of drug-likeness (QED) is 0.285. The fourth-order valence-electron chi connectivity index (χ4n) is 5.79. The van der Waals surface area contributed by atoms with Gasteiger partial charge in [-0.25, -0.2) is 0 Å². The Balaban J connectivity index is 1.59. The number of benzene rings is 2. The van der Waals surface area contributed by atoms with E-state index in [9.17, 15) is 4.79 Å².